The highest BCUT2D eigenvalue weighted by molar-refractivity contribution is 5.70. The predicted molar refractivity (Wildman–Crippen MR) is 141 cm³/mol. The van der Waals surface area contributed by atoms with Gasteiger partial charge >= 0.3 is 0 Å². The van der Waals surface area contributed by atoms with E-state index in [0.717, 1.165) is 31.9 Å². The Morgan fingerprint density at radius 3 is 1.69 bits per heavy atom. The van der Waals surface area contributed by atoms with Crippen LogP contribution >= 0.6 is 0 Å². The number of benzene rings is 2. The molecular formula is C29H36N3+. The summed E-state index contributed by atoms with van der Waals surface area (Å²) in [4.78, 5) is 2.36. The molecule has 1 aromatic heterocycles. The fourth-order valence-electron chi connectivity index (χ4n) is 3.89. The number of hydrogen-bond donors (Lipinski definition) is 1. The van der Waals surface area contributed by atoms with Gasteiger partial charge in [-0.3, -0.25) is 0 Å². The van der Waals surface area contributed by atoms with Crippen molar-refractivity contribution in [2.24, 2.45) is 0 Å². The summed E-state index contributed by atoms with van der Waals surface area (Å²) in [7, 11) is 0. The van der Waals surface area contributed by atoms with Crippen molar-refractivity contribution in [2.75, 3.05) is 29.9 Å². The van der Waals surface area contributed by atoms with Gasteiger partial charge in [-0.1, -0.05) is 24.3 Å². The van der Waals surface area contributed by atoms with Crippen molar-refractivity contribution < 1.29 is 4.57 Å². The van der Waals surface area contributed by atoms with Gasteiger partial charge in [-0.25, -0.2) is 0 Å². The molecule has 166 valence electrons. The van der Waals surface area contributed by atoms with E-state index in [0.29, 0.717) is 0 Å². The monoisotopic (exact) mass is 426 g/mol. The van der Waals surface area contributed by atoms with Gasteiger partial charge in [0.05, 0.1) is 0 Å². The van der Waals surface area contributed by atoms with Gasteiger partial charge in [0.1, 0.15) is 6.54 Å². The molecule has 0 saturated carbocycles. The van der Waals surface area contributed by atoms with Crippen molar-refractivity contribution in [3.63, 3.8) is 0 Å². The molecule has 3 rings (SSSR count). The molecule has 0 aliphatic heterocycles. The number of rotatable bonds is 10. The zero-order valence-electron chi connectivity index (χ0n) is 19.9. The minimum atomic E-state index is 0.917. The van der Waals surface area contributed by atoms with Crippen LogP contribution in [0.1, 0.15) is 50.2 Å². The average molecular weight is 427 g/mol. The van der Waals surface area contributed by atoms with Crippen LogP contribution in [0.25, 0.3) is 24.3 Å². The summed E-state index contributed by atoms with van der Waals surface area (Å²) in [5.41, 5.74) is 7.24. The van der Waals surface area contributed by atoms with Gasteiger partial charge in [0.15, 0.2) is 0 Å². The van der Waals surface area contributed by atoms with Crippen LogP contribution in [0.4, 0.5) is 11.4 Å². The SMILES string of the molecule is CCNc1ccc(/C=C/c2cccc(/C=C/c3ccc(N(CC)CC)cc3)[n+]2CC)cc1. The molecule has 3 aromatic rings. The maximum absolute atomic E-state index is 3.34. The van der Waals surface area contributed by atoms with E-state index >= 15 is 0 Å². The lowest BCUT2D eigenvalue weighted by Gasteiger charge is -2.20. The number of nitrogens with zero attached hydrogens (tertiary/aromatic N) is 2. The van der Waals surface area contributed by atoms with Crippen LogP contribution in [0.5, 0.6) is 0 Å². The van der Waals surface area contributed by atoms with E-state index in [-0.39, 0.29) is 0 Å². The fourth-order valence-corrected chi connectivity index (χ4v) is 3.89. The zero-order valence-corrected chi connectivity index (χ0v) is 19.9. The van der Waals surface area contributed by atoms with Crippen LogP contribution in [-0.4, -0.2) is 19.6 Å². The van der Waals surface area contributed by atoms with Gasteiger partial charge in [-0.2, -0.15) is 4.57 Å². The first-order valence-electron chi connectivity index (χ1n) is 11.8. The van der Waals surface area contributed by atoms with E-state index in [2.05, 4.69) is 134 Å². The van der Waals surface area contributed by atoms with E-state index in [1.54, 1.807) is 0 Å². The summed E-state index contributed by atoms with van der Waals surface area (Å²) in [5.74, 6) is 0. The van der Waals surface area contributed by atoms with Gasteiger partial charge in [0.2, 0.25) is 11.4 Å². The molecule has 0 amide bonds. The van der Waals surface area contributed by atoms with E-state index in [9.17, 15) is 0 Å². The number of hydrogen-bond acceptors (Lipinski definition) is 2. The van der Waals surface area contributed by atoms with Crippen molar-refractivity contribution in [1.82, 2.24) is 0 Å². The van der Waals surface area contributed by atoms with Crippen LogP contribution in [0.2, 0.25) is 0 Å². The van der Waals surface area contributed by atoms with Gasteiger partial charge in [0.25, 0.3) is 0 Å². The van der Waals surface area contributed by atoms with Crippen molar-refractivity contribution in [3.05, 3.63) is 89.2 Å². The molecule has 0 spiro atoms. The van der Waals surface area contributed by atoms with Crippen molar-refractivity contribution in [2.45, 2.75) is 34.2 Å². The van der Waals surface area contributed by atoms with E-state index in [4.69, 9.17) is 0 Å². The average Bonchev–Trinajstić information content (AvgIpc) is 2.84. The first-order valence-corrected chi connectivity index (χ1v) is 11.8. The lowest BCUT2D eigenvalue weighted by Crippen LogP contribution is -2.38. The quantitative estimate of drug-likeness (QED) is 0.368. The molecule has 0 aliphatic carbocycles. The highest BCUT2D eigenvalue weighted by atomic mass is 15.1. The Kier molecular flexibility index (Phi) is 8.68. The van der Waals surface area contributed by atoms with Crippen molar-refractivity contribution in [3.8, 4) is 0 Å². The van der Waals surface area contributed by atoms with Crippen molar-refractivity contribution in [1.29, 1.82) is 0 Å². The fraction of sp³-hybridized carbons (Fsp3) is 0.276. The normalized spacial score (nSPS) is 11.4. The first-order chi connectivity index (χ1) is 15.7. The molecule has 0 bridgehead atoms. The molecule has 0 radical (unpaired) electrons. The Balaban J connectivity index is 1.77. The second-order valence-corrected chi connectivity index (χ2v) is 7.70. The second kappa shape index (κ2) is 11.9. The molecule has 0 saturated heterocycles. The number of anilines is 2. The third-order valence-corrected chi connectivity index (χ3v) is 5.68. The molecular weight excluding hydrogens is 390 g/mol. The topological polar surface area (TPSA) is 19.1 Å². The summed E-state index contributed by atoms with van der Waals surface area (Å²) >= 11 is 0. The zero-order chi connectivity index (χ0) is 22.8. The van der Waals surface area contributed by atoms with Crippen LogP contribution < -0.4 is 14.8 Å². The smallest absolute Gasteiger partial charge is 0.205 e. The number of nitrogens with one attached hydrogen (secondary N) is 1. The summed E-state index contributed by atoms with van der Waals surface area (Å²) in [6, 6.07) is 23.8. The summed E-state index contributed by atoms with van der Waals surface area (Å²) in [5, 5.41) is 3.34. The Morgan fingerprint density at radius 1 is 0.688 bits per heavy atom. The molecule has 0 aliphatic rings. The minimum absolute atomic E-state index is 0.917. The number of aromatic nitrogens is 1. The highest BCUT2D eigenvalue weighted by Crippen LogP contribution is 2.17. The van der Waals surface area contributed by atoms with Crippen molar-refractivity contribution >= 4 is 35.7 Å². The maximum Gasteiger partial charge on any atom is 0.205 e. The molecule has 3 nitrogen and oxygen atoms in total. The van der Waals surface area contributed by atoms with Crippen LogP contribution in [0.15, 0.2) is 66.7 Å². The minimum Gasteiger partial charge on any atom is -0.385 e. The molecule has 3 heteroatoms. The molecule has 1 heterocycles. The molecule has 0 fully saturated rings. The Hall–Kier alpha value is -3.33. The van der Waals surface area contributed by atoms with Gasteiger partial charge in [-0.15, -0.1) is 0 Å². The Bertz CT molecular complexity index is 1030. The molecule has 32 heavy (non-hydrogen) atoms. The second-order valence-electron chi connectivity index (χ2n) is 7.70. The third-order valence-electron chi connectivity index (χ3n) is 5.68. The van der Waals surface area contributed by atoms with Crippen LogP contribution in [0, 0.1) is 0 Å². The molecule has 1 N–H and O–H groups in total. The Labute approximate surface area is 193 Å². The third kappa shape index (κ3) is 6.10. The van der Waals surface area contributed by atoms with Gasteiger partial charge in [-0.05, 0) is 81.3 Å². The van der Waals surface area contributed by atoms with Gasteiger partial charge < -0.3 is 10.2 Å². The lowest BCUT2D eigenvalue weighted by molar-refractivity contribution is -0.696. The molecule has 2 aromatic carbocycles. The maximum atomic E-state index is 3.34. The largest absolute Gasteiger partial charge is 0.385 e. The first kappa shape index (κ1) is 23.3. The predicted octanol–water partition coefficient (Wildman–Crippen LogP) is 6.61. The standard InChI is InChI=1S/C29H35N3/c1-5-30-26-18-12-24(13-19-26)16-22-28-10-9-11-29(32(28)8-4)23-17-25-14-20-27(21-15-25)31(6-2)7-3/h9-23H,5-8H2,1-4H3/p+1/b23-17+. The molecule has 0 unspecified atom stereocenters. The summed E-state index contributed by atoms with van der Waals surface area (Å²) < 4.78 is 2.34. The van der Waals surface area contributed by atoms with E-state index in [1.165, 1.54) is 28.2 Å². The Morgan fingerprint density at radius 2 is 1.22 bits per heavy atom. The molecule has 0 atom stereocenters. The van der Waals surface area contributed by atoms with Gasteiger partial charge in [0, 0.05) is 55.3 Å². The van der Waals surface area contributed by atoms with Crippen LogP contribution in [-0.2, 0) is 6.54 Å². The van der Waals surface area contributed by atoms with E-state index in [1.807, 2.05) is 0 Å². The summed E-state index contributed by atoms with van der Waals surface area (Å²) in [6.45, 7) is 12.6. The summed E-state index contributed by atoms with van der Waals surface area (Å²) in [6.07, 6.45) is 8.78. The highest BCUT2D eigenvalue weighted by Gasteiger charge is 2.10. The number of pyridine rings is 1. The van der Waals surface area contributed by atoms with E-state index < -0.39 is 0 Å². The van der Waals surface area contributed by atoms with Crippen LogP contribution in [0.3, 0.4) is 0 Å². The lowest BCUT2D eigenvalue weighted by atomic mass is 10.1.